The zero-order chi connectivity index (χ0) is 7.98. The van der Waals surface area contributed by atoms with E-state index in [1.165, 1.54) is 0 Å². The van der Waals surface area contributed by atoms with Crippen molar-refractivity contribution in [3.8, 4) is 0 Å². The summed E-state index contributed by atoms with van der Waals surface area (Å²) < 4.78 is 0. The minimum Gasteiger partial charge on any atom is -0.315 e. The van der Waals surface area contributed by atoms with Crippen molar-refractivity contribution in [3.63, 3.8) is 0 Å². The van der Waals surface area contributed by atoms with E-state index in [1.54, 1.807) is 0 Å². The average Bonchev–Trinajstić information content (AvgIpc) is 1.88. The van der Waals surface area contributed by atoms with Crippen molar-refractivity contribution < 1.29 is 14.4 Å². The van der Waals surface area contributed by atoms with Gasteiger partial charge in [0, 0.05) is 0 Å². The Morgan fingerprint density at radius 1 is 1.60 bits per heavy atom. The van der Waals surface area contributed by atoms with Crippen molar-refractivity contribution >= 4 is 41.7 Å². The second kappa shape index (κ2) is 5.20. The number of rotatable bonds is 3. The first-order chi connectivity index (χ1) is 4.68. The molecular formula is C4H3Cl2NO3. The summed E-state index contributed by atoms with van der Waals surface area (Å²) in [5.41, 5.74) is 0. The molecule has 10 heavy (non-hydrogen) atoms. The standard InChI is InChI=1S/C4H3Cl2NO3/c5-3(6)4(9)10-7-1-2-8/h1-3H. The molecule has 0 aromatic heterocycles. The minimum atomic E-state index is -1.27. The summed E-state index contributed by atoms with van der Waals surface area (Å²) in [5, 5.41) is 2.90. The molecule has 0 fully saturated rings. The number of halogens is 2. The minimum absolute atomic E-state index is 0.352. The van der Waals surface area contributed by atoms with Gasteiger partial charge in [-0.2, -0.15) is 0 Å². The molecule has 0 N–H and O–H groups in total. The summed E-state index contributed by atoms with van der Waals surface area (Å²) in [5.74, 6) is -0.915. The summed E-state index contributed by atoms with van der Waals surface area (Å²) in [6.07, 6.45) is 1.11. The van der Waals surface area contributed by atoms with Crippen LogP contribution in [0, 0.1) is 0 Å². The molecule has 0 aliphatic carbocycles. The van der Waals surface area contributed by atoms with Gasteiger partial charge in [-0.3, -0.25) is 4.79 Å². The molecule has 0 aliphatic rings. The molecule has 6 heteroatoms. The van der Waals surface area contributed by atoms with Crippen LogP contribution >= 0.6 is 23.2 Å². The molecule has 0 saturated carbocycles. The molecule has 0 amide bonds. The first-order valence-corrected chi connectivity index (χ1v) is 3.02. The lowest BCUT2D eigenvalue weighted by Crippen LogP contribution is -2.08. The van der Waals surface area contributed by atoms with E-state index in [4.69, 9.17) is 23.2 Å². The maximum absolute atomic E-state index is 10.3. The molecule has 0 radical (unpaired) electrons. The van der Waals surface area contributed by atoms with Gasteiger partial charge in [-0.25, -0.2) is 4.79 Å². The number of nitrogens with zero attached hydrogens (tertiary/aromatic N) is 1. The van der Waals surface area contributed by atoms with E-state index in [9.17, 15) is 9.59 Å². The van der Waals surface area contributed by atoms with Crippen LogP contribution in [0.3, 0.4) is 0 Å². The van der Waals surface area contributed by atoms with E-state index in [-0.39, 0.29) is 0 Å². The maximum Gasteiger partial charge on any atom is 0.367 e. The van der Waals surface area contributed by atoms with E-state index >= 15 is 0 Å². The van der Waals surface area contributed by atoms with Crippen molar-refractivity contribution in [1.29, 1.82) is 0 Å². The van der Waals surface area contributed by atoms with Crippen LogP contribution in [-0.4, -0.2) is 23.3 Å². The highest BCUT2D eigenvalue weighted by Crippen LogP contribution is 2.02. The quantitative estimate of drug-likeness (QED) is 0.211. The SMILES string of the molecule is O=CC=NOC(=O)C(Cl)Cl. The predicted molar refractivity (Wildman–Crippen MR) is 36.1 cm³/mol. The molecule has 0 rings (SSSR count). The second-order valence-electron chi connectivity index (χ2n) is 1.10. The summed E-state index contributed by atoms with van der Waals surface area (Å²) in [6, 6.07) is 0. The third-order valence-corrected chi connectivity index (χ3v) is 0.799. The van der Waals surface area contributed by atoms with Gasteiger partial charge in [0.15, 0.2) is 6.29 Å². The number of aldehydes is 1. The zero-order valence-corrected chi connectivity index (χ0v) is 6.17. The smallest absolute Gasteiger partial charge is 0.315 e. The van der Waals surface area contributed by atoms with Crippen molar-refractivity contribution in [2.24, 2.45) is 5.16 Å². The van der Waals surface area contributed by atoms with Crippen molar-refractivity contribution in [2.75, 3.05) is 0 Å². The van der Waals surface area contributed by atoms with E-state index in [0.29, 0.717) is 6.29 Å². The van der Waals surface area contributed by atoms with Gasteiger partial charge in [0.25, 0.3) is 0 Å². The second-order valence-corrected chi connectivity index (χ2v) is 2.20. The van der Waals surface area contributed by atoms with Crippen LogP contribution in [0.4, 0.5) is 0 Å². The van der Waals surface area contributed by atoms with Gasteiger partial charge >= 0.3 is 5.97 Å². The number of carbonyl (C=O) groups is 2. The molecule has 0 spiro atoms. The van der Waals surface area contributed by atoms with E-state index in [0.717, 1.165) is 6.21 Å². The normalized spacial score (nSPS) is 10.3. The number of alkyl halides is 2. The molecule has 0 bridgehead atoms. The predicted octanol–water partition coefficient (Wildman–Crippen LogP) is 0.518. The Labute approximate surface area is 66.7 Å². The maximum atomic E-state index is 10.3. The summed E-state index contributed by atoms with van der Waals surface area (Å²) in [4.78, 5) is 22.6. The number of hydrogen-bond donors (Lipinski definition) is 0. The van der Waals surface area contributed by atoms with Crippen molar-refractivity contribution in [3.05, 3.63) is 0 Å². The third-order valence-electron chi connectivity index (χ3n) is 0.443. The Bertz CT molecular complexity index is 157. The Balaban J connectivity index is 3.59. The van der Waals surface area contributed by atoms with Crippen LogP contribution in [0.5, 0.6) is 0 Å². The van der Waals surface area contributed by atoms with E-state index in [2.05, 4.69) is 9.99 Å². The highest BCUT2D eigenvalue weighted by Gasteiger charge is 2.12. The van der Waals surface area contributed by atoms with Gasteiger partial charge < -0.3 is 4.84 Å². The largest absolute Gasteiger partial charge is 0.367 e. The Hall–Kier alpha value is -0.610. The van der Waals surface area contributed by atoms with Gasteiger partial charge in [0.05, 0.1) is 0 Å². The Kier molecular flexibility index (Phi) is 4.88. The molecule has 0 atom stereocenters. The van der Waals surface area contributed by atoms with E-state index in [1.807, 2.05) is 0 Å². The monoisotopic (exact) mass is 183 g/mol. The fourth-order valence-electron chi connectivity index (χ4n) is 0.147. The highest BCUT2D eigenvalue weighted by atomic mass is 35.5. The van der Waals surface area contributed by atoms with Crippen molar-refractivity contribution in [2.45, 2.75) is 4.84 Å². The van der Waals surface area contributed by atoms with Gasteiger partial charge in [0.1, 0.15) is 6.21 Å². The first-order valence-electron chi connectivity index (χ1n) is 2.14. The fraction of sp³-hybridized carbons (Fsp3) is 0.250. The number of hydrogen-bond acceptors (Lipinski definition) is 4. The lowest BCUT2D eigenvalue weighted by Gasteiger charge is -1.93. The van der Waals surface area contributed by atoms with Gasteiger partial charge in [-0.15, -0.1) is 0 Å². The summed E-state index contributed by atoms with van der Waals surface area (Å²) in [7, 11) is 0. The molecule has 4 nitrogen and oxygen atoms in total. The highest BCUT2D eigenvalue weighted by molar-refractivity contribution is 6.52. The Morgan fingerprint density at radius 2 is 2.20 bits per heavy atom. The van der Waals surface area contributed by atoms with Gasteiger partial charge in [0.2, 0.25) is 4.84 Å². The van der Waals surface area contributed by atoms with Crippen LogP contribution in [-0.2, 0) is 14.4 Å². The molecule has 0 aromatic carbocycles. The fourth-order valence-corrected chi connectivity index (χ4v) is 0.227. The first kappa shape index (κ1) is 9.39. The topological polar surface area (TPSA) is 55.7 Å². The zero-order valence-electron chi connectivity index (χ0n) is 4.66. The van der Waals surface area contributed by atoms with Crippen LogP contribution in [0.15, 0.2) is 5.16 Å². The molecule has 0 saturated heterocycles. The van der Waals surface area contributed by atoms with Crippen LogP contribution in [0.2, 0.25) is 0 Å². The lowest BCUT2D eigenvalue weighted by atomic mass is 10.8. The third kappa shape index (κ3) is 4.29. The molecule has 0 unspecified atom stereocenters. The van der Waals surface area contributed by atoms with Crippen LogP contribution < -0.4 is 0 Å². The number of carbonyl (C=O) groups excluding carboxylic acids is 2. The average molecular weight is 184 g/mol. The van der Waals surface area contributed by atoms with Crippen molar-refractivity contribution in [1.82, 2.24) is 0 Å². The number of oxime groups is 1. The van der Waals surface area contributed by atoms with Gasteiger partial charge in [-0.05, 0) is 0 Å². The molecule has 0 aliphatic heterocycles. The van der Waals surface area contributed by atoms with Gasteiger partial charge in [-0.1, -0.05) is 28.4 Å². The molecule has 0 aromatic rings. The summed E-state index contributed by atoms with van der Waals surface area (Å²) >= 11 is 10.1. The van der Waals surface area contributed by atoms with Crippen LogP contribution in [0.1, 0.15) is 0 Å². The lowest BCUT2D eigenvalue weighted by molar-refractivity contribution is -0.141. The molecule has 56 valence electrons. The Morgan fingerprint density at radius 3 is 2.60 bits per heavy atom. The summed E-state index contributed by atoms with van der Waals surface area (Å²) in [6.45, 7) is 0. The molecular weight excluding hydrogens is 181 g/mol. The van der Waals surface area contributed by atoms with Crippen LogP contribution in [0.25, 0.3) is 0 Å². The molecule has 0 heterocycles. The van der Waals surface area contributed by atoms with E-state index < -0.39 is 10.8 Å².